The SMILES string of the molecule is c1ccc(-c2cncc3[nH]c(-c4n[nH]c5ccc(-c6cncc(CN7CCCC7)c6)nc45)nc23)nc1. The summed E-state index contributed by atoms with van der Waals surface area (Å²) in [4.78, 5) is 29.0. The van der Waals surface area contributed by atoms with E-state index in [1.54, 1.807) is 18.6 Å². The van der Waals surface area contributed by atoms with Crippen LogP contribution in [0, 0.1) is 0 Å². The molecule has 1 fully saturated rings. The number of nitrogens with one attached hydrogen (secondary N) is 2. The molecule has 6 aromatic rings. The van der Waals surface area contributed by atoms with Crippen molar-refractivity contribution in [3.05, 3.63) is 72.9 Å². The number of likely N-dealkylation sites (tertiary alicyclic amines) is 1. The van der Waals surface area contributed by atoms with E-state index in [9.17, 15) is 0 Å². The first-order valence-corrected chi connectivity index (χ1v) is 12.1. The van der Waals surface area contributed by atoms with Gasteiger partial charge in [-0.1, -0.05) is 6.07 Å². The molecule has 36 heavy (non-hydrogen) atoms. The van der Waals surface area contributed by atoms with E-state index in [1.807, 2.05) is 42.7 Å². The van der Waals surface area contributed by atoms with E-state index in [0.29, 0.717) is 11.5 Å². The fourth-order valence-electron chi connectivity index (χ4n) is 4.89. The maximum absolute atomic E-state index is 4.97. The molecule has 1 saturated heterocycles. The van der Waals surface area contributed by atoms with E-state index in [2.05, 4.69) is 41.1 Å². The lowest BCUT2D eigenvalue weighted by Gasteiger charge is -2.14. The minimum Gasteiger partial charge on any atom is -0.335 e. The monoisotopic (exact) mass is 473 g/mol. The summed E-state index contributed by atoms with van der Waals surface area (Å²) in [5.41, 5.74) is 8.62. The van der Waals surface area contributed by atoms with Gasteiger partial charge in [0.05, 0.1) is 28.6 Å². The molecule has 0 amide bonds. The molecule has 0 atom stereocenters. The highest BCUT2D eigenvalue weighted by molar-refractivity contribution is 5.95. The second kappa shape index (κ2) is 8.62. The summed E-state index contributed by atoms with van der Waals surface area (Å²) in [7, 11) is 0. The third-order valence-electron chi connectivity index (χ3n) is 6.66. The summed E-state index contributed by atoms with van der Waals surface area (Å²) in [5, 5.41) is 7.64. The van der Waals surface area contributed by atoms with Crippen molar-refractivity contribution in [3.8, 4) is 34.0 Å². The number of H-pyrrole nitrogens is 2. The number of aromatic amines is 2. The Hall–Kier alpha value is -4.50. The molecule has 6 aromatic heterocycles. The van der Waals surface area contributed by atoms with Crippen LogP contribution in [0.2, 0.25) is 0 Å². The van der Waals surface area contributed by atoms with Crippen LogP contribution in [0.25, 0.3) is 56.1 Å². The summed E-state index contributed by atoms with van der Waals surface area (Å²) >= 11 is 0. The fraction of sp³-hybridized carbons (Fsp3) is 0.185. The van der Waals surface area contributed by atoms with Gasteiger partial charge >= 0.3 is 0 Å². The van der Waals surface area contributed by atoms with Gasteiger partial charge in [-0.2, -0.15) is 5.10 Å². The number of imidazole rings is 1. The molecule has 0 radical (unpaired) electrons. The molecule has 1 aliphatic heterocycles. The standard InChI is InChI=1S/C27H23N9/c1-2-8-30-21(5-1)19-14-29-15-23-24(19)33-27(32-23)26-25-22(34-35-26)7-6-20(31-25)18-11-17(12-28-13-18)16-36-9-3-4-10-36/h1-2,5-8,11-15H,3-4,9-10,16H2,(H,32,33)(H,34,35). The molecule has 0 spiro atoms. The highest BCUT2D eigenvalue weighted by Gasteiger charge is 2.18. The van der Waals surface area contributed by atoms with Crippen LogP contribution in [0.4, 0.5) is 0 Å². The third-order valence-corrected chi connectivity index (χ3v) is 6.66. The Bertz CT molecular complexity index is 1680. The zero-order chi connectivity index (χ0) is 23.9. The van der Waals surface area contributed by atoms with Gasteiger partial charge < -0.3 is 4.98 Å². The van der Waals surface area contributed by atoms with Crippen molar-refractivity contribution >= 4 is 22.1 Å². The molecule has 0 unspecified atom stereocenters. The molecule has 0 aliphatic carbocycles. The van der Waals surface area contributed by atoms with E-state index in [0.717, 1.165) is 64.2 Å². The Morgan fingerprint density at radius 1 is 0.833 bits per heavy atom. The quantitative estimate of drug-likeness (QED) is 0.376. The average Bonchev–Trinajstić information content (AvgIpc) is 3.68. The first-order valence-electron chi connectivity index (χ1n) is 12.1. The van der Waals surface area contributed by atoms with Crippen molar-refractivity contribution in [3.63, 3.8) is 0 Å². The zero-order valence-corrected chi connectivity index (χ0v) is 19.5. The molecule has 9 nitrogen and oxygen atoms in total. The predicted octanol–water partition coefficient (Wildman–Crippen LogP) is 4.62. The van der Waals surface area contributed by atoms with Gasteiger partial charge in [0.1, 0.15) is 11.0 Å². The molecule has 7 rings (SSSR count). The van der Waals surface area contributed by atoms with E-state index in [1.165, 1.54) is 18.4 Å². The molecular weight excluding hydrogens is 450 g/mol. The van der Waals surface area contributed by atoms with Crippen molar-refractivity contribution in [2.45, 2.75) is 19.4 Å². The molecule has 0 bridgehead atoms. The number of pyridine rings is 4. The van der Waals surface area contributed by atoms with Gasteiger partial charge in [-0.05, 0) is 61.8 Å². The van der Waals surface area contributed by atoms with Gasteiger partial charge in [0, 0.05) is 42.5 Å². The molecule has 7 heterocycles. The lowest BCUT2D eigenvalue weighted by molar-refractivity contribution is 0.331. The van der Waals surface area contributed by atoms with Crippen molar-refractivity contribution < 1.29 is 0 Å². The number of fused-ring (bicyclic) bond motifs is 2. The first-order chi connectivity index (χ1) is 17.8. The zero-order valence-electron chi connectivity index (χ0n) is 19.5. The lowest BCUT2D eigenvalue weighted by Crippen LogP contribution is -2.18. The predicted molar refractivity (Wildman–Crippen MR) is 138 cm³/mol. The average molecular weight is 474 g/mol. The van der Waals surface area contributed by atoms with Crippen LogP contribution in [-0.4, -0.2) is 58.1 Å². The molecule has 1 aliphatic rings. The number of rotatable bonds is 5. The normalized spacial score (nSPS) is 14.2. The van der Waals surface area contributed by atoms with E-state index >= 15 is 0 Å². The Morgan fingerprint density at radius 2 is 1.75 bits per heavy atom. The van der Waals surface area contributed by atoms with Crippen LogP contribution in [0.3, 0.4) is 0 Å². The molecular formula is C27H23N9. The minimum atomic E-state index is 0.631. The summed E-state index contributed by atoms with van der Waals surface area (Å²) < 4.78 is 0. The van der Waals surface area contributed by atoms with Crippen molar-refractivity contribution in [2.75, 3.05) is 13.1 Å². The van der Waals surface area contributed by atoms with Crippen LogP contribution in [0.15, 0.2) is 67.4 Å². The lowest BCUT2D eigenvalue weighted by atomic mass is 10.1. The van der Waals surface area contributed by atoms with E-state index < -0.39 is 0 Å². The Kier molecular flexibility index (Phi) is 4.99. The highest BCUT2D eigenvalue weighted by atomic mass is 15.2. The van der Waals surface area contributed by atoms with Gasteiger partial charge in [-0.15, -0.1) is 0 Å². The summed E-state index contributed by atoms with van der Waals surface area (Å²) in [6.45, 7) is 3.23. The number of hydrogen-bond donors (Lipinski definition) is 2. The van der Waals surface area contributed by atoms with Gasteiger partial charge in [-0.25, -0.2) is 9.97 Å². The molecule has 0 saturated carbocycles. The number of aromatic nitrogens is 8. The molecule has 0 aromatic carbocycles. The van der Waals surface area contributed by atoms with Gasteiger partial charge in [0.15, 0.2) is 11.5 Å². The van der Waals surface area contributed by atoms with Crippen molar-refractivity contribution in [1.29, 1.82) is 0 Å². The summed E-state index contributed by atoms with van der Waals surface area (Å²) in [6, 6.07) is 12.0. The Labute approximate surface area is 206 Å². The topological polar surface area (TPSA) is 112 Å². The maximum Gasteiger partial charge on any atom is 0.161 e. The van der Waals surface area contributed by atoms with Crippen LogP contribution in [0.1, 0.15) is 18.4 Å². The maximum atomic E-state index is 4.97. The third kappa shape index (κ3) is 3.70. The highest BCUT2D eigenvalue weighted by Crippen LogP contribution is 2.30. The van der Waals surface area contributed by atoms with Crippen molar-refractivity contribution in [1.82, 2.24) is 45.0 Å². The largest absolute Gasteiger partial charge is 0.335 e. The molecule has 176 valence electrons. The van der Waals surface area contributed by atoms with E-state index in [-0.39, 0.29) is 0 Å². The first kappa shape index (κ1) is 20.8. The van der Waals surface area contributed by atoms with Crippen LogP contribution >= 0.6 is 0 Å². The summed E-state index contributed by atoms with van der Waals surface area (Å²) in [5.74, 6) is 0.631. The van der Waals surface area contributed by atoms with E-state index in [4.69, 9.17) is 9.97 Å². The number of hydrogen-bond acceptors (Lipinski definition) is 7. The Balaban J connectivity index is 1.28. The van der Waals surface area contributed by atoms with Crippen LogP contribution in [-0.2, 0) is 6.54 Å². The molecule has 2 N–H and O–H groups in total. The molecule has 9 heteroatoms. The fourth-order valence-corrected chi connectivity index (χ4v) is 4.89. The second-order valence-corrected chi connectivity index (χ2v) is 9.11. The minimum absolute atomic E-state index is 0.631. The Morgan fingerprint density at radius 3 is 2.64 bits per heavy atom. The number of nitrogens with zero attached hydrogens (tertiary/aromatic N) is 7. The van der Waals surface area contributed by atoms with Crippen LogP contribution < -0.4 is 0 Å². The van der Waals surface area contributed by atoms with Gasteiger partial charge in [0.25, 0.3) is 0 Å². The second-order valence-electron chi connectivity index (χ2n) is 9.11. The van der Waals surface area contributed by atoms with Gasteiger partial charge in [-0.3, -0.25) is 25.0 Å². The van der Waals surface area contributed by atoms with Crippen molar-refractivity contribution in [2.24, 2.45) is 0 Å². The smallest absolute Gasteiger partial charge is 0.161 e. The van der Waals surface area contributed by atoms with Gasteiger partial charge in [0.2, 0.25) is 0 Å². The summed E-state index contributed by atoms with van der Waals surface area (Å²) in [6.07, 6.45) is 11.7. The van der Waals surface area contributed by atoms with Crippen LogP contribution in [0.5, 0.6) is 0 Å².